The predicted octanol–water partition coefficient (Wildman–Crippen LogP) is 3.99. The summed E-state index contributed by atoms with van der Waals surface area (Å²) in [7, 11) is 0. The quantitative estimate of drug-likeness (QED) is 0.738. The summed E-state index contributed by atoms with van der Waals surface area (Å²) in [6, 6.07) is 14.1. The van der Waals surface area contributed by atoms with Gasteiger partial charge < -0.3 is 10.3 Å². The Kier molecular flexibility index (Phi) is 3.49. The van der Waals surface area contributed by atoms with Gasteiger partial charge in [-0.3, -0.25) is 0 Å². The smallest absolute Gasteiger partial charge is 0.109 e. The maximum absolute atomic E-state index is 6.11. The van der Waals surface area contributed by atoms with Crippen LogP contribution in [0, 0.1) is 0 Å². The largest absolute Gasteiger partial charge is 0.398 e. The average Bonchev–Trinajstić information content (AvgIpc) is 2.81. The van der Waals surface area contributed by atoms with E-state index in [0.29, 0.717) is 0 Å². The molecule has 2 aromatic carbocycles. The Hall–Kier alpha value is -1.81. The highest BCUT2D eigenvalue weighted by Gasteiger charge is 2.12. The average molecular weight is 330 g/mol. The van der Waals surface area contributed by atoms with Crippen molar-refractivity contribution in [2.24, 2.45) is 0 Å². The van der Waals surface area contributed by atoms with Gasteiger partial charge in [-0.2, -0.15) is 0 Å². The maximum Gasteiger partial charge on any atom is 0.109 e. The zero-order valence-corrected chi connectivity index (χ0v) is 12.9. The summed E-state index contributed by atoms with van der Waals surface area (Å²) >= 11 is 3.59. The minimum Gasteiger partial charge on any atom is -0.398 e. The molecule has 0 aliphatic heterocycles. The van der Waals surface area contributed by atoms with Crippen LogP contribution in [0.5, 0.6) is 0 Å². The molecule has 3 aromatic rings. The van der Waals surface area contributed by atoms with Gasteiger partial charge in [-0.25, -0.2) is 4.98 Å². The number of nitrogens with two attached hydrogens (primary N) is 1. The number of hydrogen-bond donors (Lipinski definition) is 1. The van der Waals surface area contributed by atoms with E-state index in [-0.39, 0.29) is 0 Å². The molecule has 0 amide bonds. The molecule has 0 saturated carbocycles. The lowest BCUT2D eigenvalue weighted by molar-refractivity contribution is 0.752. The molecule has 0 unspecified atom stereocenters. The maximum atomic E-state index is 6.11. The molecule has 1 heterocycles. The van der Waals surface area contributed by atoms with E-state index in [4.69, 9.17) is 10.7 Å². The van der Waals surface area contributed by atoms with E-state index in [1.54, 1.807) is 0 Å². The van der Waals surface area contributed by atoms with Gasteiger partial charge in [-0.15, -0.1) is 0 Å². The summed E-state index contributed by atoms with van der Waals surface area (Å²) in [4.78, 5) is 4.69. The molecule has 1 aromatic heterocycles. The zero-order chi connectivity index (χ0) is 14.1. The van der Waals surface area contributed by atoms with Crippen molar-refractivity contribution < 1.29 is 0 Å². The van der Waals surface area contributed by atoms with Crippen molar-refractivity contribution in [3.05, 3.63) is 58.3 Å². The van der Waals surface area contributed by atoms with Crippen LogP contribution in [-0.4, -0.2) is 9.55 Å². The molecule has 0 aliphatic carbocycles. The summed E-state index contributed by atoms with van der Waals surface area (Å²) in [6.45, 7) is 2.86. The molecule has 0 saturated heterocycles. The van der Waals surface area contributed by atoms with Gasteiger partial charge in [0.1, 0.15) is 5.82 Å². The van der Waals surface area contributed by atoms with Crippen LogP contribution in [0.2, 0.25) is 0 Å². The summed E-state index contributed by atoms with van der Waals surface area (Å²) in [5.74, 6) is 1.08. The van der Waals surface area contributed by atoms with Gasteiger partial charge in [0.05, 0.1) is 17.6 Å². The minimum absolute atomic E-state index is 0.733. The van der Waals surface area contributed by atoms with Crippen molar-refractivity contribution in [2.75, 3.05) is 5.73 Å². The third-order valence-electron chi connectivity index (χ3n) is 3.52. The Morgan fingerprint density at radius 2 is 1.95 bits per heavy atom. The fourth-order valence-electron chi connectivity index (χ4n) is 2.47. The van der Waals surface area contributed by atoms with Crippen molar-refractivity contribution in [2.45, 2.75) is 19.9 Å². The number of rotatable bonds is 3. The van der Waals surface area contributed by atoms with Crippen molar-refractivity contribution in [1.29, 1.82) is 0 Å². The number of para-hydroxylation sites is 2. The molecule has 3 nitrogen and oxygen atoms in total. The molecule has 102 valence electrons. The van der Waals surface area contributed by atoms with Crippen LogP contribution >= 0.6 is 15.9 Å². The minimum atomic E-state index is 0.733. The van der Waals surface area contributed by atoms with Crippen molar-refractivity contribution in [1.82, 2.24) is 9.55 Å². The number of fused-ring (bicyclic) bond motifs is 1. The SMILES string of the molecule is CCc1nc2ccccc2n1Cc1c(N)cccc1Br. The second kappa shape index (κ2) is 5.29. The lowest BCUT2D eigenvalue weighted by Crippen LogP contribution is -2.07. The predicted molar refractivity (Wildman–Crippen MR) is 86.8 cm³/mol. The normalized spacial score (nSPS) is 11.1. The van der Waals surface area contributed by atoms with E-state index < -0.39 is 0 Å². The number of benzene rings is 2. The van der Waals surface area contributed by atoms with Gasteiger partial charge in [0.2, 0.25) is 0 Å². The standard InChI is InChI=1S/C16H16BrN3/c1-2-16-19-14-8-3-4-9-15(14)20(16)10-11-12(17)6-5-7-13(11)18/h3-9H,2,10,18H2,1H3. The van der Waals surface area contributed by atoms with Crippen LogP contribution in [0.25, 0.3) is 11.0 Å². The Balaban J connectivity index is 2.15. The molecular formula is C16H16BrN3. The highest BCUT2D eigenvalue weighted by atomic mass is 79.9. The number of imidazole rings is 1. The second-order valence-corrected chi connectivity index (χ2v) is 5.62. The first-order chi connectivity index (χ1) is 9.70. The van der Waals surface area contributed by atoms with E-state index in [2.05, 4.69) is 33.5 Å². The molecular weight excluding hydrogens is 314 g/mol. The van der Waals surface area contributed by atoms with E-state index in [1.165, 1.54) is 0 Å². The monoisotopic (exact) mass is 329 g/mol. The van der Waals surface area contributed by atoms with Crippen LogP contribution in [0.1, 0.15) is 18.3 Å². The van der Waals surface area contributed by atoms with Crippen LogP contribution in [-0.2, 0) is 13.0 Å². The topological polar surface area (TPSA) is 43.8 Å². The van der Waals surface area contributed by atoms with Crippen LogP contribution in [0.3, 0.4) is 0 Å². The number of aromatic nitrogens is 2. The summed E-state index contributed by atoms with van der Waals surface area (Å²) in [5.41, 5.74) is 10.2. The zero-order valence-electron chi connectivity index (χ0n) is 11.3. The third-order valence-corrected chi connectivity index (χ3v) is 4.26. The number of hydrogen-bond acceptors (Lipinski definition) is 2. The summed E-state index contributed by atoms with van der Waals surface area (Å²) < 4.78 is 3.28. The first kappa shape index (κ1) is 13.2. The second-order valence-electron chi connectivity index (χ2n) is 4.76. The summed E-state index contributed by atoms with van der Waals surface area (Å²) in [6.07, 6.45) is 0.902. The highest BCUT2D eigenvalue weighted by Crippen LogP contribution is 2.26. The molecule has 3 rings (SSSR count). The van der Waals surface area contributed by atoms with Crippen LogP contribution in [0.4, 0.5) is 5.69 Å². The van der Waals surface area contributed by atoms with Crippen LogP contribution < -0.4 is 5.73 Å². The van der Waals surface area contributed by atoms with E-state index in [1.807, 2.05) is 36.4 Å². The molecule has 0 bridgehead atoms. The molecule has 4 heteroatoms. The lowest BCUT2D eigenvalue weighted by Gasteiger charge is -2.12. The molecule has 20 heavy (non-hydrogen) atoms. The Labute approximate surface area is 126 Å². The van der Waals surface area contributed by atoms with Crippen LogP contribution in [0.15, 0.2) is 46.9 Å². The fraction of sp³-hybridized carbons (Fsp3) is 0.188. The van der Waals surface area contributed by atoms with Crippen molar-refractivity contribution in [3.8, 4) is 0 Å². The third kappa shape index (κ3) is 2.20. The lowest BCUT2D eigenvalue weighted by atomic mass is 10.1. The first-order valence-electron chi connectivity index (χ1n) is 6.67. The van der Waals surface area contributed by atoms with E-state index in [0.717, 1.165) is 45.5 Å². The van der Waals surface area contributed by atoms with Gasteiger partial charge in [-0.1, -0.05) is 41.1 Å². The molecule has 2 N–H and O–H groups in total. The Bertz CT molecular complexity index is 741. The first-order valence-corrected chi connectivity index (χ1v) is 7.47. The van der Waals surface area contributed by atoms with Gasteiger partial charge in [0, 0.05) is 22.1 Å². The summed E-state index contributed by atoms with van der Waals surface area (Å²) in [5, 5.41) is 0. The fourth-order valence-corrected chi connectivity index (χ4v) is 2.98. The van der Waals surface area contributed by atoms with Gasteiger partial charge in [-0.05, 0) is 24.3 Å². The van der Waals surface area contributed by atoms with E-state index in [9.17, 15) is 0 Å². The van der Waals surface area contributed by atoms with E-state index >= 15 is 0 Å². The molecule has 0 fully saturated rings. The van der Waals surface area contributed by atoms with Crippen molar-refractivity contribution >= 4 is 32.7 Å². The molecule has 0 spiro atoms. The molecule has 0 aliphatic rings. The van der Waals surface area contributed by atoms with Gasteiger partial charge >= 0.3 is 0 Å². The number of anilines is 1. The number of nitrogen functional groups attached to an aromatic ring is 1. The van der Waals surface area contributed by atoms with Gasteiger partial charge in [0.15, 0.2) is 0 Å². The van der Waals surface area contributed by atoms with Gasteiger partial charge in [0.25, 0.3) is 0 Å². The number of aryl methyl sites for hydroxylation is 1. The number of halogens is 1. The Morgan fingerprint density at radius 3 is 2.70 bits per heavy atom. The highest BCUT2D eigenvalue weighted by molar-refractivity contribution is 9.10. The molecule has 0 atom stereocenters. The number of nitrogens with zero attached hydrogens (tertiary/aromatic N) is 2. The molecule has 0 radical (unpaired) electrons. The van der Waals surface area contributed by atoms with Crippen molar-refractivity contribution in [3.63, 3.8) is 0 Å². The Morgan fingerprint density at radius 1 is 1.15 bits per heavy atom.